The van der Waals surface area contributed by atoms with Crippen molar-refractivity contribution >= 4 is 17.3 Å². The first-order chi connectivity index (χ1) is 9.74. The molecule has 2 aromatic heterocycles. The van der Waals surface area contributed by atoms with Gasteiger partial charge in [-0.15, -0.1) is 0 Å². The smallest absolute Gasteiger partial charge is 0.203 e. The van der Waals surface area contributed by atoms with E-state index in [2.05, 4.69) is 45.7 Å². The van der Waals surface area contributed by atoms with E-state index in [1.54, 1.807) is 11.3 Å². The third-order valence-electron chi connectivity index (χ3n) is 4.22. The maximum atomic E-state index is 4.67. The van der Waals surface area contributed by atoms with E-state index < -0.39 is 0 Å². The first kappa shape index (κ1) is 13.7. The molecule has 1 saturated carbocycles. The molecule has 108 valence electrons. The second-order valence-electron chi connectivity index (χ2n) is 5.84. The summed E-state index contributed by atoms with van der Waals surface area (Å²) in [6, 6.07) is 0.635. The number of aryl methyl sites for hydroxylation is 2. The lowest BCUT2D eigenvalue weighted by atomic mass is 9.95. The predicted molar refractivity (Wildman–Crippen MR) is 85.5 cm³/mol. The molecule has 0 saturated heterocycles. The van der Waals surface area contributed by atoms with Crippen LogP contribution in [0.3, 0.4) is 0 Å². The summed E-state index contributed by atoms with van der Waals surface area (Å²) in [5.74, 6) is 1.04. The SMILES string of the molecule is Cc1cn(C2CCCCC2)c(NCc2cscc2C)n1. The Kier molecular flexibility index (Phi) is 4.10. The number of imidazole rings is 1. The van der Waals surface area contributed by atoms with Crippen LogP contribution in [0.15, 0.2) is 17.0 Å². The van der Waals surface area contributed by atoms with Crippen LogP contribution in [0.25, 0.3) is 0 Å². The van der Waals surface area contributed by atoms with E-state index in [1.807, 2.05) is 0 Å². The Hall–Kier alpha value is -1.29. The van der Waals surface area contributed by atoms with Crippen molar-refractivity contribution < 1.29 is 0 Å². The summed E-state index contributed by atoms with van der Waals surface area (Å²) in [6.45, 7) is 5.13. The molecule has 0 atom stereocenters. The lowest BCUT2D eigenvalue weighted by Gasteiger charge is -2.24. The summed E-state index contributed by atoms with van der Waals surface area (Å²) in [4.78, 5) is 4.67. The van der Waals surface area contributed by atoms with Gasteiger partial charge in [0.05, 0.1) is 5.69 Å². The monoisotopic (exact) mass is 289 g/mol. The van der Waals surface area contributed by atoms with Gasteiger partial charge in [0.15, 0.2) is 0 Å². The van der Waals surface area contributed by atoms with Gasteiger partial charge in [0.1, 0.15) is 0 Å². The number of hydrogen-bond acceptors (Lipinski definition) is 3. The van der Waals surface area contributed by atoms with Gasteiger partial charge in [0, 0.05) is 18.8 Å². The molecule has 0 unspecified atom stereocenters. The highest BCUT2D eigenvalue weighted by atomic mass is 32.1. The minimum Gasteiger partial charge on any atom is -0.352 e. The van der Waals surface area contributed by atoms with Gasteiger partial charge in [0.25, 0.3) is 0 Å². The van der Waals surface area contributed by atoms with Crippen molar-refractivity contribution in [3.05, 3.63) is 33.8 Å². The molecule has 0 radical (unpaired) electrons. The summed E-state index contributed by atoms with van der Waals surface area (Å²) in [6.07, 6.45) is 8.89. The van der Waals surface area contributed by atoms with Crippen LogP contribution < -0.4 is 5.32 Å². The largest absolute Gasteiger partial charge is 0.352 e. The fourth-order valence-electron chi connectivity index (χ4n) is 3.03. The molecule has 0 aromatic carbocycles. The molecule has 0 amide bonds. The Bertz CT molecular complexity index is 564. The van der Waals surface area contributed by atoms with Gasteiger partial charge in [-0.2, -0.15) is 11.3 Å². The highest BCUT2D eigenvalue weighted by Crippen LogP contribution is 2.31. The Morgan fingerprint density at radius 3 is 2.75 bits per heavy atom. The number of rotatable bonds is 4. The Morgan fingerprint density at radius 1 is 1.25 bits per heavy atom. The molecule has 1 aliphatic carbocycles. The topological polar surface area (TPSA) is 29.9 Å². The number of hydrogen-bond donors (Lipinski definition) is 1. The average molecular weight is 289 g/mol. The number of aromatic nitrogens is 2. The molecule has 0 bridgehead atoms. The van der Waals surface area contributed by atoms with Gasteiger partial charge in [-0.1, -0.05) is 19.3 Å². The summed E-state index contributed by atoms with van der Waals surface area (Å²) in [5.41, 5.74) is 3.86. The van der Waals surface area contributed by atoms with Gasteiger partial charge < -0.3 is 9.88 Å². The van der Waals surface area contributed by atoms with E-state index in [0.717, 1.165) is 18.2 Å². The van der Waals surface area contributed by atoms with Crippen molar-refractivity contribution in [2.24, 2.45) is 0 Å². The molecule has 1 N–H and O–H groups in total. The molecule has 3 nitrogen and oxygen atoms in total. The third-order valence-corrected chi connectivity index (χ3v) is 5.13. The number of thiophene rings is 1. The van der Waals surface area contributed by atoms with Gasteiger partial charge in [-0.3, -0.25) is 0 Å². The van der Waals surface area contributed by atoms with Crippen molar-refractivity contribution in [2.75, 3.05) is 5.32 Å². The van der Waals surface area contributed by atoms with Gasteiger partial charge >= 0.3 is 0 Å². The lowest BCUT2D eigenvalue weighted by molar-refractivity contribution is 0.355. The molecule has 1 aliphatic rings. The second kappa shape index (κ2) is 6.00. The molecular weight excluding hydrogens is 266 g/mol. The number of nitrogens with one attached hydrogen (secondary N) is 1. The Balaban J connectivity index is 1.74. The van der Waals surface area contributed by atoms with Crippen LogP contribution in [-0.2, 0) is 6.54 Å². The molecule has 0 aliphatic heterocycles. The molecule has 2 aromatic rings. The fraction of sp³-hybridized carbons (Fsp3) is 0.562. The van der Waals surface area contributed by atoms with Crippen LogP contribution in [-0.4, -0.2) is 9.55 Å². The van der Waals surface area contributed by atoms with E-state index in [-0.39, 0.29) is 0 Å². The number of nitrogens with zero attached hydrogens (tertiary/aromatic N) is 2. The highest BCUT2D eigenvalue weighted by Gasteiger charge is 2.18. The molecule has 1 fully saturated rings. The second-order valence-corrected chi connectivity index (χ2v) is 6.58. The van der Waals surface area contributed by atoms with Crippen LogP contribution in [0.5, 0.6) is 0 Å². The maximum absolute atomic E-state index is 4.67. The Labute approximate surface area is 125 Å². The first-order valence-electron chi connectivity index (χ1n) is 7.55. The molecule has 3 rings (SSSR count). The molecular formula is C16H23N3S. The molecule has 4 heteroatoms. The normalized spacial score (nSPS) is 16.5. The fourth-order valence-corrected chi connectivity index (χ4v) is 3.88. The lowest BCUT2D eigenvalue weighted by Crippen LogP contribution is -2.15. The first-order valence-corrected chi connectivity index (χ1v) is 8.49. The van der Waals surface area contributed by atoms with E-state index in [1.165, 1.54) is 43.2 Å². The maximum Gasteiger partial charge on any atom is 0.203 e. The van der Waals surface area contributed by atoms with Crippen molar-refractivity contribution in [3.63, 3.8) is 0 Å². The van der Waals surface area contributed by atoms with E-state index in [9.17, 15) is 0 Å². The van der Waals surface area contributed by atoms with E-state index >= 15 is 0 Å². The Morgan fingerprint density at radius 2 is 2.05 bits per heavy atom. The predicted octanol–water partition coefficient (Wildman–Crippen LogP) is 4.68. The van der Waals surface area contributed by atoms with Crippen molar-refractivity contribution in [1.82, 2.24) is 9.55 Å². The quantitative estimate of drug-likeness (QED) is 0.885. The molecule has 2 heterocycles. The number of anilines is 1. The zero-order valence-electron chi connectivity index (χ0n) is 12.4. The van der Waals surface area contributed by atoms with E-state index in [0.29, 0.717) is 6.04 Å². The van der Waals surface area contributed by atoms with Crippen molar-refractivity contribution in [2.45, 2.75) is 58.5 Å². The highest BCUT2D eigenvalue weighted by molar-refractivity contribution is 7.08. The van der Waals surface area contributed by atoms with Crippen LogP contribution in [0.2, 0.25) is 0 Å². The van der Waals surface area contributed by atoms with Crippen molar-refractivity contribution in [1.29, 1.82) is 0 Å². The van der Waals surface area contributed by atoms with Crippen molar-refractivity contribution in [3.8, 4) is 0 Å². The summed E-state index contributed by atoms with van der Waals surface area (Å²) >= 11 is 1.77. The zero-order valence-corrected chi connectivity index (χ0v) is 13.2. The summed E-state index contributed by atoms with van der Waals surface area (Å²) in [5, 5.41) is 7.96. The van der Waals surface area contributed by atoms with Gasteiger partial charge in [-0.05, 0) is 48.6 Å². The third kappa shape index (κ3) is 2.90. The summed E-state index contributed by atoms with van der Waals surface area (Å²) < 4.78 is 2.37. The minimum absolute atomic E-state index is 0.635. The van der Waals surface area contributed by atoms with E-state index in [4.69, 9.17) is 0 Å². The zero-order chi connectivity index (χ0) is 13.9. The van der Waals surface area contributed by atoms with Crippen LogP contribution in [0, 0.1) is 13.8 Å². The molecule has 20 heavy (non-hydrogen) atoms. The molecule has 0 spiro atoms. The van der Waals surface area contributed by atoms with Crippen LogP contribution >= 0.6 is 11.3 Å². The van der Waals surface area contributed by atoms with Crippen LogP contribution in [0.4, 0.5) is 5.95 Å². The van der Waals surface area contributed by atoms with Gasteiger partial charge in [0.2, 0.25) is 5.95 Å². The standard InChI is InChI=1S/C16H23N3S/c1-12-10-20-11-14(12)8-17-16-18-13(2)9-19(16)15-6-4-3-5-7-15/h9-11,15H,3-8H2,1-2H3,(H,17,18). The van der Waals surface area contributed by atoms with Gasteiger partial charge in [-0.25, -0.2) is 4.98 Å². The van der Waals surface area contributed by atoms with Crippen LogP contribution in [0.1, 0.15) is 55.0 Å². The minimum atomic E-state index is 0.635. The average Bonchev–Trinajstić information content (AvgIpc) is 3.03. The summed E-state index contributed by atoms with van der Waals surface area (Å²) in [7, 11) is 0.